The van der Waals surface area contributed by atoms with Crippen molar-refractivity contribution in [3.05, 3.63) is 0 Å². The van der Waals surface area contributed by atoms with Crippen LogP contribution in [0.5, 0.6) is 0 Å². The summed E-state index contributed by atoms with van der Waals surface area (Å²) < 4.78 is 4.92. The molecule has 1 unspecified atom stereocenters. The number of amides is 2. The number of ether oxygens (including phenoxy) is 1. The smallest absolute Gasteiger partial charge is 0.317 e. The molecule has 0 aliphatic heterocycles. The molecule has 3 N–H and O–H groups in total. The lowest BCUT2D eigenvalue weighted by Crippen LogP contribution is -2.44. The summed E-state index contributed by atoms with van der Waals surface area (Å²) in [5.74, 6) is -0.978. The van der Waals surface area contributed by atoms with Crippen molar-refractivity contribution in [2.75, 3.05) is 33.4 Å². The molecule has 0 aromatic heterocycles. The first-order valence-corrected chi connectivity index (χ1v) is 5.43. The predicted molar refractivity (Wildman–Crippen MR) is 60.8 cm³/mol. The molecule has 0 saturated carbocycles. The fourth-order valence-electron chi connectivity index (χ4n) is 1.27. The largest absolute Gasteiger partial charge is 0.481 e. The van der Waals surface area contributed by atoms with Crippen LogP contribution in [-0.4, -0.2) is 66.6 Å². The molecule has 7 nitrogen and oxygen atoms in total. The molecular formula is C10H20N2O5. The average Bonchev–Trinajstić information content (AvgIpc) is 2.30. The van der Waals surface area contributed by atoms with E-state index in [1.807, 2.05) is 0 Å². The number of nitrogens with one attached hydrogen (secondary N) is 1. The van der Waals surface area contributed by atoms with Gasteiger partial charge in [-0.05, 0) is 6.92 Å². The van der Waals surface area contributed by atoms with E-state index in [-0.39, 0.29) is 32.1 Å². The quantitative estimate of drug-likeness (QED) is 0.538. The van der Waals surface area contributed by atoms with Crippen molar-refractivity contribution in [2.45, 2.75) is 19.4 Å². The number of urea groups is 1. The number of rotatable bonds is 8. The van der Waals surface area contributed by atoms with Crippen LogP contribution in [0.1, 0.15) is 13.3 Å². The lowest BCUT2D eigenvalue weighted by atomic mass is 10.2. The topological polar surface area (TPSA) is 99.1 Å². The zero-order chi connectivity index (χ0) is 13.3. The van der Waals surface area contributed by atoms with Crippen molar-refractivity contribution in [2.24, 2.45) is 0 Å². The number of methoxy groups -OCH3 is 1. The number of likely N-dealkylation sites (N-methyl/N-ethyl adjacent to an activating group) is 1. The number of aliphatic hydroxyl groups excluding tert-OH is 1. The first kappa shape index (κ1) is 15.7. The Morgan fingerprint density at radius 3 is 2.53 bits per heavy atom. The molecule has 0 rings (SSSR count). The number of carboxylic acid groups (broad SMARTS) is 1. The molecule has 0 aromatic carbocycles. The summed E-state index contributed by atoms with van der Waals surface area (Å²) in [7, 11) is 1.39. The van der Waals surface area contributed by atoms with Gasteiger partial charge in [0.15, 0.2) is 0 Å². The second-order valence-electron chi connectivity index (χ2n) is 3.44. The Morgan fingerprint density at radius 2 is 2.12 bits per heavy atom. The summed E-state index contributed by atoms with van der Waals surface area (Å²) in [4.78, 5) is 23.5. The Balaban J connectivity index is 4.06. The van der Waals surface area contributed by atoms with E-state index >= 15 is 0 Å². The summed E-state index contributed by atoms with van der Waals surface area (Å²) in [5.41, 5.74) is 0. The molecule has 0 aliphatic carbocycles. The van der Waals surface area contributed by atoms with Gasteiger partial charge in [-0.3, -0.25) is 4.79 Å². The minimum Gasteiger partial charge on any atom is -0.481 e. The first-order valence-electron chi connectivity index (χ1n) is 5.43. The number of hydrogen-bond acceptors (Lipinski definition) is 4. The minimum absolute atomic E-state index is 0.107. The Hall–Kier alpha value is -1.34. The summed E-state index contributed by atoms with van der Waals surface area (Å²) in [6.45, 7) is 2.54. The average molecular weight is 248 g/mol. The first-order chi connectivity index (χ1) is 8.04. The number of hydrogen-bond donors (Lipinski definition) is 3. The second-order valence-corrected chi connectivity index (χ2v) is 3.44. The number of carbonyl (C=O) groups excluding carboxylic acids is 1. The van der Waals surface area contributed by atoms with Gasteiger partial charge in [-0.25, -0.2) is 4.79 Å². The van der Waals surface area contributed by atoms with Crippen LogP contribution in [0.4, 0.5) is 4.79 Å². The number of aliphatic carboxylic acids is 1. The third kappa shape index (κ3) is 6.75. The highest BCUT2D eigenvalue weighted by Gasteiger charge is 2.15. The number of carbonyl (C=O) groups is 2. The highest BCUT2D eigenvalue weighted by molar-refractivity contribution is 5.74. The van der Waals surface area contributed by atoms with Gasteiger partial charge in [0.05, 0.1) is 19.1 Å². The second kappa shape index (κ2) is 8.77. The molecule has 0 fully saturated rings. The van der Waals surface area contributed by atoms with Crippen LogP contribution >= 0.6 is 0 Å². The summed E-state index contributed by atoms with van der Waals surface area (Å²) in [5, 5.41) is 19.9. The predicted octanol–water partition coefficient (Wildman–Crippen LogP) is -0.500. The van der Waals surface area contributed by atoms with E-state index in [0.29, 0.717) is 6.54 Å². The van der Waals surface area contributed by atoms with Crippen molar-refractivity contribution >= 4 is 12.0 Å². The summed E-state index contributed by atoms with van der Waals surface area (Å²) in [6, 6.07) is -0.339. The minimum atomic E-state index is -0.978. The molecule has 1 atom stereocenters. The molecular weight excluding hydrogens is 228 g/mol. The summed E-state index contributed by atoms with van der Waals surface area (Å²) in [6.07, 6.45) is -0.715. The van der Waals surface area contributed by atoms with Crippen LogP contribution in [0.3, 0.4) is 0 Å². The standard InChI is InChI=1S/C10H20N2O5/c1-3-12(4-5-13)10(16)11-7-8(17-2)6-9(14)15/h8,13H,3-7H2,1-2H3,(H,11,16)(H,14,15). The number of aliphatic hydroxyl groups is 1. The summed E-state index contributed by atoms with van der Waals surface area (Å²) >= 11 is 0. The molecule has 0 bridgehead atoms. The number of nitrogens with zero attached hydrogens (tertiary/aromatic N) is 1. The molecule has 0 spiro atoms. The molecule has 17 heavy (non-hydrogen) atoms. The molecule has 0 saturated heterocycles. The van der Waals surface area contributed by atoms with E-state index in [1.54, 1.807) is 6.92 Å². The van der Waals surface area contributed by atoms with Gasteiger partial charge < -0.3 is 25.2 Å². The fourth-order valence-corrected chi connectivity index (χ4v) is 1.27. The van der Waals surface area contributed by atoms with E-state index in [9.17, 15) is 9.59 Å². The zero-order valence-electron chi connectivity index (χ0n) is 10.2. The van der Waals surface area contributed by atoms with Gasteiger partial charge >= 0.3 is 12.0 Å². The van der Waals surface area contributed by atoms with E-state index in [0.717, 1.165) is 0 Å². The Bertz CT molecular complexity index is 247. The maximum absolute atomic E-state index is 11.6. The Kier molecular flexibility index (Phi) is 8.08. The van der Waals surface area contributed by atoms with E-state index in [1.165, 1.54) is 12.0 Å². The van der Waals surface area contributed by atoms with Crippen molar-refractivity contribution in [1.82, 2.24) is 10.2 Å². The van der Waals surface area contributed by atoms with Crippen molar-refractivity contribution in [1.29, 1.82) is 0 Å². The van der Waals surface area contributed by atoms with Gasteiger partial charge in [0.1, 0.15) is 0 Å². The SMILES string of the molecule is CCN(CCO)C(=O)NCC(CC(=O)O)OC. The van der Waals surface area contributed by atoms with Gasteiger partial charge in [-0.2, -0.15) is 0 Å². The van der Waals surface area contributed by atoms with Crippen LogP contribution in [0.15, 0.2) is 0 Å². The fraction of sp³-hybridized carbons (Fsp3) is 0.800. The van der Waals surface area contributed by atoms with Crippen molar-refractivity contribution < 1.29 is 24.5 Å². The maximum Gasteiger partial charge on any atom is 0.317 e. The third-order valence-electron chi connectivity index (χ3n) is 2.26. The molecule has 0 radical (unpaired) electrons. The normalized spacial score (nSPS) is 11.9. The highest BCUT2D eigenvalue weighted by Crippen LogP contribution is 1.96. The molecule has 0 aliphatic rings. The lowest BCUT2D eigenvalue weighted by molar-refractivity contribution is -0.139. The highest BCUT2D eigenvalue weighted by atomic mass is 16.5. The van der Waals surface area contributed by atoms with Gasteiger partial charge in [0, 0.05) is 26.7 Å². The van der Waals surface area contributed by atoms with Gasteiger partial charge in [-0.1, -0.05) is 0 Å². The van der Waals surface area contributed by atoms with E-state index < -0.39 is 12.1 Å². The van der Waals surface area contributed by atoms with Crippen LogP contribution in [0.25, 0.3) is 0 Å². The molecule has 0 aromatic rings. The van der Waals surface area contributed by atoms with Gasteiger partial charge in [0.2, 0.25) is 0 Å². The zero-order valence-corrected chi connectivity index (χ0v) is 10.2. The monoisotopic (exact) mass is 248 g/mol. The molecule has 0 heterocycles. The lowest BCUT2D eigenvalue weighted by Gasteiger charge is -2.22. The van der Waals surface area contributed by atoms with Crippen LogP contribution in [-0.2, 0) is 9.53 Å². The van der Waals surface area contributed by atoms with Crippen LogP contribution in [0.2, 0.25) is 0 Å². The van der Waals surface area contributed by atoms with Crippen molar-refractivity contribution in [3.8, 4) is 0 Å². The molecule has 100 valence electrons. The third-order valence-corrected chi connectivity index (χ3v) is 2.26. The van der Waals surface area contributed by atoms with Crippen LogP contribution < -0.4 is 5.32 Å². The Morgan fingerprint density at radius 1 is 1.47 bits per heavy atom. The maximum atomic E-state index is 11.6. The molecule has 7 heteroatoms. The van der Waals surface area contributed by atoms with Crippen LogP contribution in [0, 0.1) is 0 Å². The Labute approximate surface area is 100 Å². The van der Waals surface area contributed by atoms with Gasteiger partial charge in [0.25, 0.3) is 0 Å². The van der Waals surface area contributed by atoms with Gasteiger partial charge in [-0.15, -0.1) is 0 Å². The number of carboxylic acids is 1. The van der Waals surface area contributed by atoms with E-state index in [2.05, 4.69) is 5.32 Å². The van der Waals surface area contributed by atoms with Crippen molar-refractivity contribution in [3.63, 3.8) is 0 Å². The molecule has 2 amide bonds. The van der Waals surface area contributed by atoms with E-state index in [4.69, 9.17) is 14.9 Å².